The molecule has 156 valence electrons. The van der Waals surface area contributed by atoms with E-state index in [9.17, 15) is 4.79 Å². The first-order valence-electron chi connectivity index (χ1n) is 9.72. The first-order chi connectivity index (χ1) is 14.3. The SMILES string of the molecule is CC(C)(C)OC(=O)Cc1ccccc1OCc1cc(Br)cc(C=Cc2ccco2)c1. The molecular formula is C25H25BrO4. The summed E-state index contributed by atoms with van der Waals surface area (Å²) in [6.45, 7) is 5.96. The first-order valence-corrected chi connectivity index (χ1v) is 10.5. The van der Waals surface area contributed by atoms with Crippen molar-refractivity contribution in [2.75, 3.05) is 0 Å². The average molecular weight is 469 g/mol. The number of ether oxygens (including phenoxy) is 2. The highest BCUT2D eigenvalue weighted by molar-refractivity contribution is 9.10. The Labute approximate surface area is 185 Å². The predicted octanol–water partition coefficient (Wildman–Crippen LogP) is 6.68. The lowest BCUT2D eigenvalue weighted by Crippen LogP contribution is -2.25. The van der Waals surface area contributed by atoms with Crippen LogP contribution in [0.3, 0.4) is 0 Å². The van der Waals surface area contributed by atoms with Gasteiger partial charge in [-0.15, -0.1) is 0 Å². The zero-order chi connectivity index (χ0) is 21.6. The van der Waals surface area contributed by atoms with Gasteiger partial charge in [-0.25, -0.2) is 0 Å². The Kier molecular flexibility index (Phi) is 7.16. The maximum atomic E-state index is 12.2. The van der Waals surface area contributed by atoms with E-state index in [0.717, 1.165) is 26.9 Å². The summed E-state index contributed by atoms with van der Waals surface area (Å²) in [5.41, 5.74) is 2.33. The van der Waals surface area contributed by atoms with E-state index < -0.39 is 5.60 Å². The van der Waals surface area contributed by atoms with Crippen molar-refractivity contribution in [1.82, 2.24) is 0 Å². The molecule has 0 radical (unpaired) electrons. The van der Waals surface area contributed by atoms with Crippen molar-refractivity contribution in [3.05, 3.63) is 87.8 Å². The van der Waals surface area contributed by atoms with Crippen LogP contribution in [-0.4, -0.2) is 11.6 Å². The summed E-state index contributed by atoms with van der Waals surface area (Å²) in [6, 6.07) is 17.4. The van der Waals surface area contributed by atoms with Crippen LogP contribution in [0.15, 0.2) is 69.8 Å². The van der Waals surface area contributed by atoms with Crippen LogP contribution in [0.5, 0.6) is 5.75 Å². The minimum atomic E-state index is -0.511. The molecule has 3 rings (SSSR count). The molecule has 2 aromatic carbocycles. The topological polar surface area (TPSA) is 48.7 Å². The second-order valence-electron chi connectivity index (χ2n) is 7.90. The van der Waals surface area contributed by atoms with Gasteiger partial charge in [0.2, 0.25) is 0 Å². The van der Waals surface area contributed by atoms with Gasteiger partial charge in [-0.1, -0.05) is 40.2 Å². The van der Waals surface area contributed by atoms with Crippen LogP contribution in [0.1, 0.15) is 43.2 Å². The van der Waals surface area contributed by atoms with Gasteiger partial charge in [0.1, 0.15) is 23.7 Å². The van der Waals surface area contributed by atoms with Gasteiger partial charge in [-0.05, 0) is 74.4 Å². The quantitative estimate of drug-likeness (QED) is 0.363. The normalized spacial score (nSPS) is 11.6. The first kappa shape index (κ1) is 21.9. The third kappa shape index (κ3) is 6.92. The third-order valence-electron chi connectivity index (χ3n) is 4.08. The second-order valence-corrected chi connectivity index (χ2v) is 8.82. The van der Waals surface area contributed by atoms with Gasteiger partial charge in [0.25, 0.3) is 0 Å². The van der Waals surface area contributed by atoms with E-state index in [0.29, 0.717) is 12.4 Å². The summed E-state index contributed by atoms with van der Waals surface area (Å²) in [5, 5.41) is 0. The van der Waals surface area contributed by atoms with E-state index in [4.69, 9.17) is 13.9 Å². The Morgan fingerprint density at radius 2 is 1.87 bits per heavy atom. The fraction of sp³-hybridized carbons (Fsp3) is 0.240. The van der Waals surface area contributed by atoms with E-state index in [-0.39, 0.29) is 12.4 Å². The number of carbonyl (C=O) groups is 1. The van der Waals surface area contributed by atoms with E-state index >= 15 is 0 Å². The molecule has 5 heteroatoms. The molecule has 0 aliphatic rings. The van der Waals surface area contributed by atoms with E-state index in [1.54, 1.807) is 6.26 Å². The van der Waals surface area contributed by atoms with Crippen molar-refractivity contribution in [1.29, 1.82) is 0 Å². The number of carbonyl (C=O) groups excluding carboxylic acids is 1. The third-order valence-corrected chi connectivity index (χ3v) is 4.54. The molecule has 4 nitrogen and oxygen atoms in total. The molecular weight excluding hydrogens is 444 g/mol. The minimum Gasteiger partial charge on any atom is -0.489 e. The number of hydrogen-bond acceptors (Lipinski definition) is 4. The van der Waals surface area contributed by atoms with Crippen LogP contribution in [0, 0.1) is 0 Å². The monoisotopic (exact) mass is 468 g/mol. The summed E-state index contributed by atoms with van der Waals surface area (Å²) >= 11 is 3.56. The highest BCUT2D eigenvalue weighted by Gasteiger charge is 2.18. The smallest absolute Gasteiger partial charge is 0.310 e. The predicted molar refractivity (Wildman–Crippen MR) is 122 cm³/mol. The van der Waals surface area contributed by atoms with Crippen LogP contribution in [-0.2, 0) is 22.6 Å². The van der Waals surface area contributed by atoms with Crippen molar-refractivity contribution < 1.29 is 18.7 Å². The molecule has 0 atom stereocenters. The summed E-state index contributed by atoms with van der Waals surface area (Å²) in [4.78, 5) is 12.2. The molecule has 0 unspecified atom stereocenters. The van der Waals surface area contributed by atoms with E-state index in [2.05, 4.69) is 22.0 Å². The molecule has 0 amide bonds. The van der Waals surface area contributed by atoms with Crippen molar-refractivity contribution in [3.63, 3.8) is 0 Å². The Hall–Kier alpha value is -2.79. The zero-order valence-corrected chi connectivity index (χ0v) is 18.9. The van der Waals surface area contributed by atoms with Crippen LogP contribution in [0.4, 0.5) is 0 Å². The largest absolute Gasteiger partial charge is 0.489 e. The van der Waals surface area contributed by atoms with Gasteiger partial charge in [0.15, 0.2) is 0 Å². The number of para-hydroxylation sites is 1. The Morgan fingerprint density at radius 3 is 2.60 bits per heavy atom. The molecule has 0 fully saturated rings. The summed E-state index contributed by atoms with van der Waals surface area (Å²) in [7, 11) is 0. The molecule has 0 saturated heterocycles. The molecule has 3 aromatic rings. The number of halogens is 1. The van der Waals surface area contributed by atoms with E-state index in [1.165, 1.54) is 0 Å². The van der Waals surface area contributed by atoms with Crippen molar-refractivity contribution in [3.8, 4) is 5.75 Å². The lowest BCUT2D eigenvalue weighted by molar-refractivity contribution is -0.153. The number of esters is 1. The maximum absolute atomic E-state index is 12.2. The molecule has 0 N–H and O–H groups in total. The fourth-order valence-corrected chi connectivity index (χ4v) is 3.46. The van der Waals surface area contributed by atoms with Crippen LogP contribution < -0.4 is 4.74 Å². The molecule has 1 heterocycles. The summed E-state index contributed by atoms with van der Waals surface area (Å²) < 4.78 is 17.8. The van der Waals surface area contributed by atoms with E-state index in [1.807, 2.05) is 81.5 Å². The Balaban J connectivity index is 1.69. The highest BCUT2D eigenvalue weighted by atomic mass is 79.9. The maximum Gasteiger partial charge on any atom is 0.310 e. The van der Waals surface area contributed by atoms with Crippen LogP contribution in [0.2, 0.25) is 0 Å². The Bertz CT molecular complexity index is 1010. The standard InChI is InChI=1S/C25H25BrO4/c1-25(2,3)30-24(27)16-20-7-4-5-9-23(20)29-17-19-13-18(14-21(26)15-19)10-11-22-8-6-12-28-22/h4-15H,16-17H2,1-3H3. The van der Waals surface area contributed by atoms with Crippen molar-refractivity contribution in [2.24, 2.45) is 0 Å². The van der Waals surface area contributed by atoms with Gasteiger partial charge < -0.3 is 13.9 Å². The van der Waals surface area contributed by atoms with Gasteiger partial charge >= 0.3 is 5.97 Å². The van der Waals surface area contributed by atoms with Gasteiger partial charge in [0, 0.05) is 10.0 Å². The zero-order valence-electron chi connectivity index (χ0n) is 17.4. The van der Waals surface area contributed by atoms with Crippen molar-refractivity contribution in [2.45, 2.75) is 39.4 Å². The number of hydrogen-bond donors (Lipinski definition) is 0. The summed E-state index contributed by atoms with van der Waals surface area (Å²) in [6.07, 6.45) is 5.73. The van der Waals surface area contributed by atoms with Gasteiger partial charge in [-0.3, -0.25) is 4.79 Å². The molecule has 1 aromatic heterocycles. The fourth-order valence-electron chi connectivity index (χ4n) is 2.90. The molecule has 0 spiro atoms. The molecule has 0 aliphatic carbocycles. The number of benzene rings is 2. The van der Waals surface area contributed by atoms with Crippen molar-refractivity contribution >= 4 is 34.1 Å². The van der Waals surface area contributed by atoms with Gasteiger partial charge in [0.05, 0.1) is 12.7 Å². The highest BCUT2D eigenvalue weighted by Crippen LogP contribution is 2.23. The molecule has 0 bridgehead atoms. The van der Waals surface area contributed by atoms with Crippen LogP contribution >= 0.6 is 15.9 Å². The average Bonchev–Trinajstić information content (AvgIpc) is 3.17. The molecule has 0 aliphatic heterocycles. The minimum absolute atomic E-state index is 0.170. The summed E-state index contributed by atoms with van der Waals surface area (Å²) in [5.74, 6) is 1.20. The molecule has 0 saturated carbocycles. The van der Waals surface area contributed by atoms with Crippen LogP contribution in [0.25, 0.3) is 12.2 Å². The lowest BCUT2D eigenvalue weighted by atomic mass is 10.1. The number of rotatable bonds is 7. The number of furan rings is 1. The molecule has 30 heavy (non-hydrogen) atoms. The second kappa shape index (κ2) is 9.81. The Morgan fingerprint density at radius 1 is 1.07 bits per heavy atom. The van der Waals surface area contributed by atoms with Gasteiger partial charge in [-0.2, -0.15) is 0 Å². The lowest BCUT2D eigenvalue weighted by Gasteiger charge is -2.20.